The topological polar surface area (TPSA) is 65.1 Å². The third-order valence-electron chi connectivity index (χ3n) is 3.79. The lowest BCUT2D eigenvalue weighted by Gasteiger charge is -2.07. The van der Waals surface area contributed by atoms with Crippen LogP contribution in [0.15, 0.2) is 64.8 Å². The Morgan fingerprint density at radius 3 is 2.57 bits per heavy atom. The van der Waals surface area contributed by atoms with Crippen LogP contribution in [0.3, 0.4) is 0 Å². The summed E-state index contributed by atoms with van der Waals surface area (Å²) in [7, 11) is 0. The van der Waals surface area contributed by atoms with Crippen molar-refractivity contribution in [1.29, 1.82) is 0 Å². The average Bonchev–Trinajstić information content (AvgIpc) is 2.91. The number of fused-ring (bicyclic) bond motifs is 3. The molecular formula is C17H10N2O3S. The van der Waals surface area contributed by atoms with Gasteiger partial charge in [-0.15, -0.1) is 11.3 Å². The molecular weight excluding hydrogens is 312 g/mol. The van der Waals surface area contributed by atoms with Gasteiger partial charge in [0.1, 0.15) is 11.2 Å². The summed E-state index contributed by atoms with van der Waals surface area (Å²) in [6.45, 7) is 0. The lowest BCUT2D eigenvalue weighted by molar-refractivity contribution is -0.384. The Morgan fingerprint density at radius 1 is 1.00 bits per heavy atom. The number of rotatable bonds is 2. The molecule has 0 atom stereocenters. The molecule has 5 nitrogen and oxygen atoms in total. The monoisotopic (exact) mass is 322 g/mol. The zero-order chi connectivity index (χ0) is 16.0. The fourth-order valence-electron chi connectivity index (χ4n) is 2.85. The van der Waals surface area contributed by atoms with Crippen LogP contribution in [0.5, 0.6) is 0 Å². The molecule has 4 rings (SSSR count). The van der Waals surface area contributed by atoms with E-state index in [-0.39, 0.29) is 11.1 Å². The largest absolute Gasteiger partial charge is 0.299 e. The van der Waals surface area contributed by atoms with E-state index in [0.29, 0.717) is 11.2 Å². The van der Waals surface area contributed by atoms with Gasteiger partial charge in [0.15, 0.2) is 0 Å². The molecule has 0 aliphatic carbocycles. The van der Waals surface area contributed by atoms with E-state index in [4.69, 9.17) is 0 Å². The molecule has 0 amide bonds. The summed E-state index contributed by atoms with van der Waals surface area (Å²) < 4.78 is 2.54. The molecule has 6 heteroatoms. The van der Waals surface area contributed by atoms with Gasteiger partial charge in [-0.25, -0.2) is 0 Å². The Labute approximate surface area is 134 Å². The highest BCUT2D eigenvalue weighted by atomic mass is 32.1. The van der Waals surface area contributed by atoms with Crippen LogP contribution >= 0.6 is 11.3 Å². The molecule has 2 aromatic carbocycles. The minimum Gasteiger partial charge on any atom is -0.299 e. The number of aromatic nitrogens is 1. The van der Waals surface area contributed by atoms with E-state index in [1.165, 1.54) is 23.5 Å². The molecule has 2 aromatic heterocycles. The van der Waals surface area contributed by atoms with Crippen LogP contribution in [0.2, 0.25) is 0 Å². The Hall–Kier alpha value is -2.99. The van der Waals surface area contributed by atoms with Gasteiger partial charge in [0.05, 0.1) is 15.1 Å². The van der Waals surface area contributed by atoms with E-state index in [9.17, 15) is 14.9 Å². The molecule has 0 aliphatic heterocycles. The van der Waals surface area contributed by atoms with Crippen molar-refractivity contribution in [3.63, 3.8) is 0 Å². The van der Waals surface area contributed by atoms with Crippen LogP contribution in [-0.4, -0.2) is 9.49 Å². The summed E-state index contributed by atoms with van der Waals surface area (Å²) in [6.07, 6.45) is 0. The number of hydrogen-bond donors (Lipinski definition) is 0. The van der Waals surface area contributed by atoms with Crippen LogP contribution < -0.4 is 5.43 Å². The van der Waals surface area contributed by atoms with Gasteiger partial charge in [0, 0.05) is 11.5 Å². The Balaban J connectivity index is 2.27. The fourth-order valence-corrected chi connectivity index (χ4v) is 3.78. The van der Waals surface area contributed by atoms with Crippen molar-refractivity contribution >= 4 is 38.1 Å². The highest BCUT2D eigenvalue weighted by molar-refractivity contribution is 7.17. The molecule has 0 saturated heterocycles. The molecule has 0 unspecified atom stereocenters. The second-order valence-electron chi connectivity index (χ2n) is 5.06. The van der Waals surface area contributed by atoms with Crippen molar-refractivity contribution in [1.82, 2.24) is 4.57 Å². The molecule has 0 bridgehead atoms. The number of para-hydroxylation sites is 3. The quantitative estimate of drug-likeness (QED) is 0.412. The van der Waals surface area contributed by atoms with Gasteiger partial charge in [0.25, 0.3) is 5.69 Å². The van der Waals surface area contributed by atoms with Gasteiger partial charge in [-0.1, -0.05) is 30.3 Å². The maximum absolute atomic E-state index is 12.4. The van der Waals surface area contributed by atoms with E-state index in [2.05, 4.69) is 0 Å². The van der Waals surface area contributed by atoms with Gasteiger partial charge in [0.2, 0.25) is 5.43 Å². The SMILES string of the molecule is O=c1ccsc2c3ccccc3n(-c3ccccc3[N+](=O)[O-])c12. The smallest absolute Gasteiger partial charge is 0.293 e. The molecule has 0 saturated carbocycles. The van der Waals surface area contributed by atoms with E-state index in [1.807, 2.05) is 24.3 Å². The van der Waals surface area contributed by atoms with Gasteiger partial charge < -0.3 is 0 Å². The van der Waals surface area contributed by atoms with Gasteiger partial charge >= 0.3 is 0 Å². The van der Waals surface area contributed by atoms with Crippen molar-refractivity contribution in [3.8, 4) is 5.69 Å². The molecule has 112 valence electrons. The van der Waals surface area contributed by atoms with Crippen LogP contribution in [0.4, 0.5) is 5.69 Å². The molecule has 0 spiro atoms. The molecule has 0 N–H and O–H groups in total. The summed E-state index contributed by atoms with van der Waals surface area (Å²) in [6, 6.07) is 15.5. The highest BCUT2D eigenvalue weighted by Gasteiger charge is 2.20. The van der Waals surface area contributed by atoms with E-state index in [0.717, 1.165) is 15.6 Å². The Morgan fingerprint density at radius 2 is 1.74 bits per heavy atom. The van der Waals surface area contributed by atoms with E-state index < -0.39 is 4.92 Å². The molecule has 23 heavy (non-hydrogen) atoms. The number of hydrogen-bond acceptors (Lipinski definition) is 4. The predicted octanol–water partition coefficient (Wildman–Crippen LogP) is 4.11. The molecule has 4 aromatic rings. The van der Waals surface area contributed by atoms with Crippen LogP contribution in [0, 0.1) is 10.1 Å². The van der Waals surface area contributed by atoms with Crippen LogP contribution in [0.25, 0.3) is 26.8 Å². The zero-order valence-corrected chi connectivity index (χ0v) is 12.6. The number of nitro benzene ring substituents is 1. The number of nitro groups is 1. The first-order valence-electron chi connectivity index (χ1n) is 6.93. The molecule has 2 heterocycles. The summed E-state index contributed by atoms with van der Waals surface area (Å²) >= 11 is 1.46. The van der Waals surface area contributed by atoms with Crippen molar-refractivity contribution < 1.29 is 4.92 Å². The van der Waals surface area contributed by atoms with E-state index in [1.54, 1.807) is 28.1 Å². The van der Waals surface area contributed by atoms with Gasteiger partial charge in [-0.05, 0) is 23.6 Å². The molecule has 0 radical (unpaired) electrons. The molecule has 0 aliphatic rings. The lowest BCUT2D eigenvalue weighted by Crippen LogP contribution is -2.06. The summed E-state index contributed by atoms with van der Waals surface area (Å²) in [5, 5.41) is 14.1. The van der Waals surface area contributed by atoms with Gasteiger partial charge in [-0.2, -0.15) is 0 Å². The van der Waals surface area contributed by atoms with Crippen LogP contribution in [0.1, 0.15) is 0 Å². The fraction of sp³-hybridized carbons (Fsp3) is 0. The predicted molar refractivity (Wildman–Crippen MR) is 91.6 cm³/mol. The van der Waals surface area contributed by atoms with Crippen molar-refractivity contribution in [2.24, 2.45) is 0 Å². The van der Waals surface area contributed by atoms with Gasteiger partial charge in [-0.3, -0.25) is 19.5 Å². The third kappa shape index (κ3) is 1.96. The van der Waals surface area contributed by atoms with Crippen molar-refractivity contribution in [2.45, 2.75) is 0 Å². The minimum atomic E-state index is -0.424. The normalized spacial score (nSPS) is 11.1. The Kier molecular flexibility index (Phi) is 2.99. The van der Waals surface area contributed by atoms with Crippen LogP contribution in [-0.2, 0) is 0 Å². The van der Waals surface area contributed by atoms with Crippen molar-refractivity contribution in [2.75, 3.05) is 0 Å². The van der Waals surface area contributed by atoms with Crippen molar-refractivity contribution in [3.05, 3.63) is 80.3 Å². The standard InChI is InChI=1S/C17H10N2O3S/c20-15-9-10-23-17-11-5-1-2-6-12(11)18(16(15)17)13-7-3-4-8-14(13)19(21)22/h1-10H. The second kappa shape index (κ2) is 5.03. The number of nitrogens with zero attached hydrogens (tertiary/aromatic N) is 2. The van der Waals surface area contributed by atoms with E-state index >= 15 is 0 Å². The maximum Gasteiger partial charge on any atom is 0.293 e. The Bertz CT molecular complexity index is 1130. The lowest BCUT2D eigenvalue weighted by atomic mass is 10.2. The first kappa shape index (κ1) is 13.7. The summed E-state index contributed by atoms with van der Waals surface area (Å²) in [5.74, 6) is 0. The minimum absolute atomic E-state index is 0.0246. The highest BCUT2D eigenvalue weighted by Crippen LogP contribution is 2.34. The zero-order valence-electron chi connectivity index (χ0n) is 11.8. The molecule has 0 fully saturated rings. The first-order valence-corrected chi connectivity index (χ1v) is 7.81. The maximum atomic E-state index is 12.4. The average molecular weight is 322 g/mol. The number of benzene rings is 2. The summed E-state index contributed by atoms with van der Waals surface area (Å²) in [5.41, 5.74) is 1.50. The second-order valence-corrected chi connectivity index (χ2v) is 5.98. The first-order chi connectivity index (χ1) is 11.2. The third-order valence-corrected chi connectivity index (χ3v) is 4.71. The summed E-state index contributed by atoms with van der Waals surface area (Å²) in [4.78, 5) is 23.4.